The number of carbonyl (C=O) groups is 1. The molecule has 5 nitrogen and oxygen atoms in total. The predicted octanol–water partition coefficient (Wildman–Crippen LogP) is 3.52. The molecule has 27 heavy (non-hydrogen) atoms. The highest BCUT2D eigenvalue weighted by molar-refractivity contribution is 6.04. The first kappa shape index (κ1) is 17.2. The quantitative estimate of drug-likeness (QED) is 0.774. The van der Waals surface area contributed by atoms with Gasteiger partial charge in [0.05, 0.1) is 18.2 Å². The number of hydrogen-bond acceptors (Lipinski definition) is 4. The monoisotopic (exact) mass is 372 g/mol. The number of halogens is 1. The van der Waals surface area contributed by atoms with E-state index in [1.54, 1.807) is 6.07 Å². The molecule has 0 saturated carbocycles. The molecule has 0 N–H and O–H groups in total. The summed E-state index contributed by atoms with van der Waals surface area (Å²) in [6.45, 7) is 1.33. The fourth-order valence-corrected chi connectivity index (χ4v) is 5.11. The minimum atomic E-state index is -0.339. The SMILES string of the molecule is CN1[C@@H]2CC[C@H]1CC(OC(=O)c1cn([C@H]3CCOC3)c3ccc(F)cc13)C2. The van der Waals surface area contributed by atoms with Gasteiger partial charge >= 0.3 is 5.97 Å². The van der Waals surface area contributed by atoms with Crippen molar-refractivity contribution in [3.05, 3.63) is 35.8 Å². The van der Waals surface area contributed by atoms with Gasteiger partial charge in [-0.15, -0.1) is 0 Å². The van der Waals surface area contributed by atoms with Crippen LogP contribution in [0.2, 0.25) is 0 Å². The summed E-state index contributed by atoms with van der Waals surface area (Å²) in [6.07, 6.45) is 6.82. The third kappa shape index (κ3) is 2.95. The Labute approximate surface area is 158 Å². The van der Waals surface area contributed by atoms with Crippen LogP contribution in [0.15, 0.2) is 24.4 Å². The maximum absolute atomic E-state index is 13.9. The van der Waals surface area contributed by atoms with Crippen LogP contribution in [0, 0.1) is 5.82 Å². The number of carbonyl (C=O) groups excluding carboxylic acids is 1. The summed E-state index contributed by atoms with van der Waals surface area (Å²) in [7, 11) is 2.17. The zero-order valence-electron chi connectivity index (χ0n) is 15.6. The second-order valence-electron chi connectivity index (χ2n) is 8.18. The van der Waals surface area contributed by atoms with Gasteiger partial charge in [0.25, 0.3) is 0 Å². The van der Waals surface area contributed by atoms with Crippen molar-refractivity contribution in [2.75, 3.05) is 20.3 Å². The Morgan fingerprint density at radius 2 is 1.96 bits per heavy atom. The zero-order chi connectivity index (χ0) is 18.5. The van der Waals surface area contributed by atoms with Crippen molar-refractivity contribution >= 4 is 16.9 Å². The van der Waals surface area contributed by atoms with E-state index in [0.717, 1.165) is 24.8 Å². The molecule has 144 valence electrons. The van der Waals surface area contributed by atoms with E-state index >= 15 is 0 Å². The van der Waals surface area contributed by atoms with Gasteiger partial charge in [-0.3, -0.25) is 0 Å². The van der Waals surface area contributed by atoms with Crippen LogP contribution in [0.1, 0.15) is 48.5 Å². The number of ether oxygens (including phenoxy) is 2. The van der Waals surface area contributed by atoms with Crippen molar-refractivity contribution < 1.29 is 18.7 Å². The first-order valence-corrected chi connectivity index (χ1v) is 9.91. The van der Waals surface area contributed by atoms with E-state index in [1.807, 2.05) is 6.20 Å². The zero-order valence-corrected chi connectivity index (χ0v) is 15.6. The second-order valence-corrected chi connectivity index (χ2v) is 8.18. The van der Waals surface area contributed by atoms with Gasteiger partial charge < -0.3 is 18.9 Å². The minimum absolute atomic E-state index is 0.0482. The highest BCUT2D eigenvalue weighted by atomic mass is 19.1. The summed E-state index contributed by atoms with van der Waals surface area (Å²) in [5, 5.41) is 0.628. The highest BCUT2D eigenvalue weighted by Crippen LogP contribution is 2.36. The number of fused-ring (bicyclic) bond motifs is 3. The smallest absolute Gasteiger partial charge is 0.340 e. The van der Waals surface area contributed by atoms with E-state index in [1.165, 1.54) is 25.0 Å². The van der Waals surface area contributed by atoms with Gasteiger partial charge in [0, 0.05) is 48.6 Å². The van der Waals surface area contributed by atoms with Crippen molar-refractivity contribution in [2.45, 2.75) is 56.3 Å². The predicted molar refractivity (Wildman–Crippen MR) is 99.4 cm³/mol. The number of piperidine rings is 1. The van der Waals surface area contributed by atoms with Crippen LogP contribution in [-0.2, 0) is 9.47 Å². The normalized spacial score (nSPS) is 30.9. The molecule has 1 aromatic carbocycles. The molecule has 2 bridgehead atoms. The van der Waals surface area contributed by atoms with E-state index in [4.69, 9.17) is 9.47 Å². The Hall–Kier alpha value is -1.92. The lowest BCUT2D eigenvalue weighted by molar-refractivity contribution is -0.000291. The topological polar surface area (TPSA) is 43.7 Å². The third-order valence-electron chi connectivity index (χ3n) is 6.64. The van der Waals surface area contributed by atoms with Crippen molar-refractivity contribution in [2.24, 2.45) is 0 Å². The number of hydrogen-bond donors (Lipinski definition) is 0. The summed E-state index contributed by atoms with van der Waals surface area (Å²) in [5.74, 6) is -0.675. The van der Waals surface area contributed by atoms with Crippen molar-refractivity contribution in [1.29, 1.82) is 0 Å². The molecule has 1 aromatic heterocycles. The summed E-state index contributed by atoms with van der Waals surface area (Å²) in [4.78, 5) is 15.4. The van der Waals surface area contributed by atoms with Crippen LogP contribution in [0.25, 0.3) is 10.9 Å². The molecule has 3 aliphatic rings. The van der Waals surface area contributed by atoms with Crippen molar-refractivity contribution in [3.8, 4) is 0 Å². The second kappa shape index (κ2) is 6.60. The average molecular weight is 372 g/mol. The summed E-state index contributed by atoms with van der Waals surface area (Å²) < 4.78 is 27.3. The van der Waals surface area contributed by atoms with Gasteiger partial charge in [0.15, 0.2) is 0 Å². The van der Waals surface area contributed by atoms with E-state index in [2.05, 4.69) is 16.5 Å². The Bertz CT molecular complexity index is 860. The number of nitrogens with zero attached hydrogens (tertiary/aromatic N) is 2. The Morgan fingerprint density at radius 1 is 1.19 bits per heavy atom. The Balaban J connectivity index is 1.43. The van der Waals surface area contributed by atoms with E-state index in [9.17, 15) is 9.18 Å². The van der Waals surface area contributed by atoms with E-state index < -0.39 is 0 Å². The number of esters is 1. The summed E-state index contributed by atoms with van der Waals surface area (Å²) in [6, 6.07) is 5.83. The fraction of sp³-hybridized carbons (Fsp3) is 0.571. The van der Waals surface area contributed by atoms with Crippen LogP contribution < -0.4 is 0 Å². The van der Waals surface area contributed by atoms with Crippen molar-refractivity contribution in [1.82, 2.24) is 9.47 Å². The molecule has 3 fully saturated rings. The largest absolute Gasteiger partial charge is 0.459 e. The first-order chi connectivity index (χ1) is 13.1. The summed E-state index contributed by atoms with van der Waals surface area (Å²) in [5.41, 5.74) is 1.32. The van der Waals surface area contributed by atoms with E-state index in [-0.39, 0.29) is 23.9 Å². The van der Waals surface area contributed by atoms with Crippen LogP contribution in [0.3, 0.4) is 0 Å². The lowest BCUT2D eigenvalue weighted by Gasteiger charge is -2.35. The van der Waals surface area contributed by atoms with Gasteiger partial charge in [-0.25, -0.2) is 9.18 Å². The molecule has 2 aromatic rings. The fourth-order valence-electron chi connectivity index (χ4n) is 5.11. The number of benzene rings is 1. The molecular formula is C21H25FN2O3. The molecule has 1 unspecified atom stereocenters. The highest BCUT2D eigenvalue weighted by Gasteiger charge is 2.40. The van der Waals surface area contributed by atoms with Gasteiger partial charge in [-0.05, 0) is 44.5 Å². The van der Waals surface area contributed by atoms with E-state index in [0.29, 0.717) is 36.2 Å². The molecule has 0 radical (unpaired) electrons. The van der Waals surface area contributed by atoms with Gasteiger partial charge in [0.1, 0.15) is 11.9 Å². The maximum atomic E-state index is 13.9. The molecule has 3 saturated heterocycles. The standard InChI is InChI=1S/C21H25FN2O3/c1-23-14-3-4-15(23)10-17(9-14)27-21(25)19-11-24(16-6-7-26-12-16)20-5-2-13(22)8-18(19)20/h2,5,8,11,14-17H,3-4,6-7,9-10,12H2,1H3/t14-,15+,16-,17?/m0/s1. The molecule has 0 aliphatic carbocycles. The lowest BCUT2D eigenvalue weighted by Crippen LogP contribution is -2.43. The first-order valence-electron chi connectivity index (χ1n) is 9.91. The number of rotatable bonds is 3. The molecule has 0 spiro atoms. The average Bonchev–Trinajstić information content (AvgIpc) is 3.33. The maximum Gasteiger partial charge on any atom is 0.340 e. The molecule has 5 rings (SSSR count). The van der Waals surface area contributed by atoms with Crippen LogP contribution in [-0.4, -0.2) is 53.9 Å². The minimum Gasteiger partial charge on any atom is -0.459 e. The Morgan fingerprint density at radius 3 is 2.67 bits per heavy atom. The third-order valence-corrected chi connectivity index (χ3v) is 6.64. The molecule has 0 amide bonds. The van der Waals surface area contributed by atoms with Crippen LogP contribution >= 0.6 is 0 Å². The van der Waals surface area contributed by atoms with Crippen LogP contribution in [0.4, 0.5) is 4.39 Å². The lowest BCUT2D eigenvalue weighted by atomic mass is 10.0. The van der Waals surface area contributed by atoms with Crippen LogP contribution in [0.5, 0.6) is 0 Å². The summed E-state index contributed by atoms with van der Waals surface area (Å²) >= 11 is 0. The molecule has 3 aliphatic heterocycles. The van der Waals surface area contributed by atoms with Gasteiger partial charge in [-0.2, -0.15) is 0 Å². The molecule has 6 heteroatoms. The van der Waals surface area contributed by atoms with Crippen molar-refractivity contribution in [3.63, 3.8) is 0 Å². The Kier molecular flexibility index (Phi) is 4.20. The van der Waals surface area contributed by atoms with Gasteiger partial charge in [0.2, 0.25) is 0 Å². The molecule has 4 atom stereocenters. The van der Waals surface area contributed by atoms with Gasteiger partial charge in [-0.1, -0.05) is 0 Å². The molecule has 4 heterocycles. The number of aromatic nitrogens is 1. The molecular weight excluding hydrogens is 347 g/mol.